The van der Waals surface area contributed by atoms with Gasteiger partial charge in [0, 0.05) is 12.0 Å². The minimum Gasteiger partial charge on any atom is -0.497 e. The van der Waals surface area contributed by atoms with E-state index in [4.69, 9.17) is 4.74 Å². The Morgan fingerprint density at radius 2 is 1.69 bits per heavy atom. The van der Waals surface area contributed by atoms with Gasteiger partial charge in [-0.15, -0.1) is 0 Å². The van der Waals surface area contributed by atoms with Gasteiger partial charge in [-0.05, 0) is 57.1 Å². The maximum atomic E-state index is 12.6. The molecule has 0 N–H and O–H groups in total. The fourth-order valence-corrected chi connectivity index (χ4v) is 4.10. The zero-order valence-corrected chi connectivity index (χ0v) is 15.3. The van der Waals surface area contributed by atoms with Crippen molar-refractivity contribution < 1.29 is 4.74 Å². The molecule has 7 nitrogen and oxygen atoms in total. The molecule has 2 aromatic rings. The lowest BCUT2D eigenvalue weighted by Gasteiger charge is -2.36. The molecule has 7 heteroatoms. The third-order valence-corrected chi connectivity index (χ3v) is 5.86. The molecule has 1 aromatic heterocycles. The van der Waals surface area contributed by atoms with E-state index in [0.29, 0.717) is 13.1 Å². The molecule has 4 rings (SSSR count). The van der Waals surface area contributed by atoms with E-state index < -0.39 is 11.1 Å². The average Bonchev–Trinajstić information content (AvgIpc) is 3.01. The van der Waals surface area contributed by atoms with Crippen LogP contribution >= 0.6 is 0 Å². The van der Waals surface area contributed by atoms with Gasteiger partial charge in [-0.1, -0.05) is 12.1 Å². The standard InChI is InChI=1S/C19H24N4O3/c1-21-10-7-19(8-11-21)9-12-22-16(24)17(25)23(20-18(19)22)13-14-3-5-15(26-2)6-4-14/h3-6H,7-13H2,1-2H3. The van der Waals surface area contributed by atoms with Crippen LogP contribution in [-0.2, 0) is 18.5 Å². The predicted molar refractivity (Wildman–Crippen MR) is 97.9 cm³/mol. The summed E-state index contributed by atoms with van der Waals surface area (Å²) in [5.74, 6) is 1.55. The number of benzene rings is 1. The molecule has 0 amide bonds. The van der Waals surface area contributed by atoms with Crippen molar-refractivity contribution in [1.29, 1.82) is 0 Å². The van der Waals surface area contributed by atoms with Crippen LogP contribution < -0.4 is 15.9 Å². The highest BCUT2D eigenvalue weighted by Gasteiger charge is 2.43. The normalized spacial score (nSPS) is 18.8. The third-order valence-electron chi connectivity index (χ3n) is 5.86. The van der Waals surface area contributed by atoms with Crippen molar-refractivity contribution in [3.8, 4) is 5.75 Å². The molecule has 0 radical (unpaired) electrons. The molecule has 1 fully saturated rings. The van der Waals surface area contributed by atoms with Gasteiger partial charge in [0.15, 0.2) is 0 Å². The highest BCUT2D eigenvalue weighted by molar-refractivity contribution is 5.27. The van der Waals surface area contributed by atoms with Crippen LogP contribution in [0.1, 0.15) is 30.7 Å². The number of methoxy groups -OCH3 is 1. The van der Waals surface area contributed by atoms with Gasteiger partial charge in [0.1, 0.15) is 11.6 Å². The summed E-state index contributed by atoms with van der Waals surface area (Å²) < 4.78 is 8.11. The highest BCUT2D eigenvalue weighted by atomic mass is 16.5. The van der Waals surface area contributed by atoms with Crippen molar-refractivity contribution in [2.45, 2.75) is 37.8 Å². The molecule has 3 heterocycles. The van der Waals surface area contributed by atoms with Gasteiger partial charge in [0.25, 0.3) is 0 Å². The summed E-state index contributed by atoms with van der Waals surface area (Å²) in [6.07, 6.45) is 2.86. The molecule has 1 spiro atoms. The minimum absolute atomic E-state index is 0.0684. The maximum Gasteiger partial charge on any atom is 0.332 e. The SMILES string of the molecule is COc1ccc(Cn2nc3n(c(=O)c2=O)CCC32CCN(C)CC2)cc1. The molecular weight excluding hydrogens is 332 g/mol. The van der Waals surface area contributed by atoms with E-state index in [1.54, 1.807) is 11.7 Å². The topological polar surface area (TPSA) is 69.4 Å². The second-order valence-electron chi connectivity index (χ2n) is 7.42. The molecule has 0 atom stereocenters. The third kappa shape index (κ3) is 2.76. The lowest BCUT2D eigenvalue weighted by Crippen LogP contribution is -2.46. The molecule has 1 saturated heterocycles. The highest BCUT2D eigenvalue weighted by Crippen LogP contribution is 2.40. The second kappa shape index (κ2) is 6.39. The average molecular weight is 356 g/mol. The first-order chi connectivity index (χ1) is 12.5. The van der Waals surface area contributed by atoms with Crippen LogP contribution in [0.5, 0.6) is 5.75 Å². The van der Waals surface area contributed by atoms with Crippen molar-refractivity contribution in [3.63, 3.8) is 0 Å². The molecule has 0 bridgehead atoms. The van der Waals surface area contributed by atoms with E-state index in [1.807, 2.05) is 24.3 Å². The number of nitrogens with zero attached hydrogens (tertiary/aromatic N) is 4. The Bertz CT molecular complexity index is 921. The van der Waals surface area contributed by atoms with Crippen molar-refractivity contribution in [3.05, 3.63) is 56.4 Å². The van der Waals surface area contributed by atoms with Crippen molar-refractivity contribution in [2.24, 2.45) is 0 Å². The number of hydrogen-bond acceptors (Lipinski definition) is 5. The number of likely N-dealkylation sites (tertiary alicyclic amines) is 1. The van der Waals surface area contributed by atoms with Crippen molar-refractivity contribution >= 4 is 0 Å². The number of piperidine rings is 1. The lowest BCUT2D eigenvalue weighted by molar-refractivity contribution is 0.182. The van der Waals surface area contributed by atoms with Crippen LogP contribution in [0.25, 0.3) is 0 Å². The van der Waals surface area contributed by atoms with Crippen LogP contribution in [-0.4, -0.2) is 46.5 Å². The Balaban J connectivity index is 1.72. The smallest absolute Gasteiger partial charge is 0.332 e. The number of rotatable bonds is 3. The fraction of sp³-hybridized carbons (Fsp3) is 0.526. The van der Waals surface area contributed by atoms with E-state index in [-0.39, 0.29) is 5.41 Å². The summed E-state index contributed by atoms with van der Waals surface area (Å²) in [7, 11) is 3.73. The Labute approximate surface area is 151 Å². The van der Waals surface area contributed by atoms with Crippen LogP contribution in [0.4, 0.5) is 0 Å². The summed E-state index contributed by atoms with van der Waals surface area (Å²) in [4.78, 5) is 27.4. The summed E-state index contributed by atoms with van der Waals surface area (Å²) in [5.41, 5.74) is -0.143. The van der Waals surface area contributed by atoms with Gasteiger partial charge in [-0.3, -0.25) is 14.2 Å². The van der Waals surface area contributed by atoms with Crippen LogP contribution in [0.2, 0.25) is 0 Å². The Hall–Kier alpha value is -2.41. The zero-order valence-electron chi connectivity index (χ0n) is 15.3. The molecular formula is C19H24N4O3. The second-order valence-corrected chi connectivity index (χ2v) is 7.42. The molecule has 0 aliphatic carbocycles. The first kappa shape index (κ1) is 17.0. The van der Waals surface area contributed by atoms with Crippen LogP contribution in [0, 0.1) is 0 Å². The van der Waals surface area contributed by atoms with Gasteiger partial charge in [0.2, 0.25) is 0 Å². The largest absolute Gasteiger partial charge is 0.497 e. The van der Waals surface area contributed by atoms with Crippen LogP contribution in [0.3, 0.4) is 0 Å². The number of aromatic nitrogens is 3. The number of ether oxygens (including phenoxy) is 1. The monoisotopic (exact) mass is 356 g/mol. The van der Waals surface area contributed by atoms with Gasteiger partial charge in [-0.25, -0.2) is 4.68 Å². The Morgan fingerprint density at radius 1 is 1.04 bits per heavy atom. The fourth-order valence-electron chi connectivity index (χ4n) is 4.10. The maximum absolute atomic E-state index is 12.6. The van der Waals surface area contributed by atoms with Gasteiger partial charge in [0.05, 0.1) is 13.7 Å². The first-order valence-electron chi connectivity index (χ1n) is 9.06. The molecule has 0 saturated carbocycles. The van der Waals surface area contributed by atoms with E-state index in [9.17, 15) is 9.59 Å². The zero-order chi connectivity index (χ0) is 18.3. The minimum atomic E-state index is -0.547. The molecule has 2 aliphatic heterocycles. The summed E-state index contributed by atoms with van der Waals surface area (Å²) in [5, 5.41) is 4.67. The first-order valence-corrected chi connectivity index (χ1v) is 9.06. The molecule has 2 aliphatic rings. The van der Waals surface area contributed by atoms with Gasteiger partial charge >= 0.3 is 11.1 Å². The lowest BCUT2D eigenvalue weighted by atomic mass is 9.77. The van der Waals surface area contributed by atoms with Crippen LogP contribution in [0.15, 0.2) is 33.9 Å². The van der Waals surface area contributed by atoms with E-state index in [1.165, 1.54) is 4.68 Å². The van der Waals surface area contributed by atoms with Crippen molar-refractivity contribution in [2.75, 3.05) is 27.2 Å². The number of hydrogen-bond donors (Lipinski definition) is 0. The summed E-state index contributed by atoms with van der Waals surface area (Å²) in [6.45, 7) is 2.88. The summed E-state index contributed by atoms with van der Waals surface area (Å²) in [6, 6.07) is 7.48. The molecule has 138 valence electrons. The molecule has 26 heavy (non-hydrogen) atoms. The van der Waals surface area contributed by atoms with Gasteiger partial charge < -0.3 is 9.64 Å². The predicted octanol–water partition coefficient (Wildman–Crippen LogP) is 0.829. The Kier molecular flexibility index (Phi) is 4.19. The van der Waals surface area contributed by atoms with E-state index >= 15 is 0 Å². The molecule has 1 aromatic carbocycles. The van der Waals surface area contributed by atoms with Crippen molar-refractivity contribution in [1.82, 2.24) is 19.2 Å². The Morgan fingerprint density at radius 3 is 2.35 bits per heavy atom. The van der Waals surface area contributed by atoms with Gasteiger partial charge in [-0.2, -0.15) is 5.10 Å². The van der Waals surface area contributed by atoms with E-state index in [2.05, 4.69) is 17.0 Å². The summed E-state index contributed by atoms with van der Waals surface area (Å²) >= 11 is 0. The quantitative estimate of drug-likeness (QED) is 0.762. The molecule has 0 unspecified atom stereocenters. The van der Waals surface area contributed by atoms with E-state index in [0.717, 1.165) is 49.5 Å². The number of fused-ring (bicyclic) bond motifs is 2.